The third-order valence-electron chi connectivity index (χ3n) is 3.67. The van der Waals surface area contributed by atoms with Crippen molar-refractivity contribution in [3.63, 3.8) is 0 Å². The molecule has 3 rings (SSSR count). The Bertz CT molecular complexity index is 739. The molecule has 0 saturated heterocycles. The Balaban J connectivity index is 2.15. The van der Waals surface area contributed by atoms with Gasteiger partial charge in [-0.3, -0.25) is 0 Å². The summed E-state index contributed by atoms with van der Waals surface area (Å²) in [5.41, 5.74) is 1.92. The van der Waals surface area contributed by atoms with Gasteiger partial charge in [0.15, 0.2) is 0 Å². The van der Waals surface area contributed by atoms with E-state index in [2.05, 4.69) is 0 Å². The topological polar surface area (TPSA) is 45.4 Å². The molecule has 4 heteroatoms. The number of hydrogen-bond donors (Lipinski definition) is 2. The maximum absolute atomic E-state index is 10.3. The Labute approximate surface area is 128 Å². The van der Waals surface area contributed by atoms with Crippen LogP contribution in [0.15, 0.2) is 60.8 Å². The molecule has 3 aromatic rings. The SMILES string of the molecule is OCC(O)C(c1ccccc1)n1ccc2cc(Cl)ccc21. The lowest BCUT2D eigenvalue weighted by Crippen LogP contribution is -2.27. The van der Waals surface area contributed by atoms with Gasteiger partial charge in [0.25, 0.3) is 0 Å². The highest BCUT2D eigenvalue weighted by Crippen LogP contribution is 2.29. The molecule has 0 aliphatic carbocycles. The molecule has 0 bridgehead atoms. The second-order valence-corrected chi connectivity index (χ2v) is 5.47. The van der Waals surface area contributed by atoms with Crippen molar-refractivity contribution in [1.82, 2.24) is 4.57 Å². The zero-order valence-electron chi connectivity index (χ0n) is 11.4. The molecule has 0 fully saturated rings. The van der Waals surface area contributed by atoms with Gasteiger partial charge in [-0.1, -0.05) is 41.9 Å². The fourth-order valence-corrected chi connectivity index (χ4v) is 2.88. The predicted molar refractivity (Wildman–Crippen MR) is 84.6 cm³/mol. The number of rotatable bonds is 4. The van der Waals surface area contributed by atoms with Gasteiger partial charge in [-0.15, -0.1) is 0 Å². The largest absolute Gasteiger partial charge is 0.394 e. The first-order valence-corrected chi connectivity index (χ1v) is 7.18. The van der Waals surface area contributed by atoms with Crippen LogP contribution < -0.4 is 0 Å². The van der Waals surface area contributed by atoms with Crippen molar-refractivity contribution in [2.45, 2.75) is 12.1 Å². The number of hydrogen-bond acceptors (Lipinski definition) is 2. The molecule has 1 heterocycles. The number of nitrogens with zero attached hydrogens (tertiary/aromatic N) is 1. The third kappa shape index (κ3) is 2.68. The van der Waals surface area contributed by atoms with Crippen LogP contribution >= 0.6 is 11.6 Å². The number of halogens is 1. The fourth-order valence-electron chi connectivity index (χ4n) is 2.70. The first-order chi connectivity index (χ1) is 10.2. The van der Waals surface area contributed by atoms with Crippen LogP contribution in [0.5, 0.6) is 0 Å². The van der Waals surface area contributed by atoms with Gasteiger partial charge in [0.2, 0.25) is 0 Å². The maximum Gasteiger partial charge on any atom is 0.102 e. The van der Waals surface area contributed by atoms with Gasteiger partial charge in [-0.2, -0.15) is 0 Å². The molecule has 0 spiro atoms. The summed E-state index contributed by atoms with van der Waals surface area (Å²) in [5.74, 6) is 0. The molecule has 21 heavy (non-hydrogen) atoms. The van der Waals surface area contributed by atoms with Crippen LogP contribution in [0.4, 0.5) is 0 Å². The maximum atomic E-state index is 10.3. The smallest absolute Gasteiger partial charge is 0.102 e. The van der Waals surface area contributed by atoms with Gasteiger partial charge in [0.1, 0.15) is 6.10 Å². The summed E-state index contributed by atoms with van der Waals surface area (Å²) in [7, 11) is 0. The zero-order chi connectivity index (χ0) is 14.8. The predicted octanol–water partition coefficient (Wildman–Crippen LogP) is 3.24. The Hall–Kier alpha value is -1.81. The molecule has 108 valence electrons. The molecule has 0 aliphatic heterocycles. The Morgan fingerprint density at radius 1 is 1.05 bits per heavy atom. The van der Waals surface area contributed by atoms with E-state index < -0.39 is 6.10 Å². The summed E-state index contributed by atoms with van der Waals surface area (Å²) in [6.07, 6.45) is 1.04. The van der Waals surface area contributed by atoms with Gasteiger partial charge in [-0.25, -0.2) is 0 Å². The monoisotopic (exact) mass is 301 g/mol. The number of aliphatic hydroxyl groups is 2. The minimum absolute atomic E-state index is 0.299. The van der Waals surface area contributed by atoms with E-state index in [-0.39, 0.29) is 12.6 Å². The summed E-state index contributed by atoms with van der Waals surface area (Å²) in [6.45, 7) is -0.299. The Morgan fingerprint density at radius 3 is 2.52 bits per heavy atom. The molecule has 2 unspecified atom stereocenters. The molecule has 2 aromatic carbocycles. The summed E-state index contributed by atoms with van der Waals surface area (Å²) in [4.78, 5) is 0. The van der Waals surface area contributed by atoms with E-state index in [1.807, 2.05) is 65.4 Å². The molecule has 0 radical (unpaired) electrons. The van der Waals surface area contributed by atoms with Crippen molar-refractivity contribution < 1.29 is 10.2 Å². The standard InChI is InChI=1S/C17H16ClNO2/c18-14-6-7-15-13(10-14)8-9-19(15)17(16(21)11-20)12-4-2-1-3-5-12/h1-10,16-17,20-21H,11H2. The van der Waals surface area contributed by atoms with Crippen LogP contribution in [0.2, 0.25) is 5.02 Å². The Kier molecular flexibility index (Phi) is 3.97. The van der Waals surface area contributed by atoms with Crippen molar-refractivity contribution in [2.24, 2.45) is 0 Å². The number of aliphatic hydroxyl groups excluding tert-OH is 2. The lowest BCUT2D eigenvalue weighted by molar-refractivity contribution is 0.0654. The molecule has 0 saturated carbocycles. The van der Waals surface area contributed by atoms with Gasteiger partial charge < -0.3 is 14.8 Å². The second kappa shape index (κ2) is 5.90. The molecule has 2 N–H and O–H groups in total. The molecule has 2 atom stereocenters. The molecule has 0 aliphatic rings. The Morgan fingerprint density at radius 2 is 1.81 bits per heavy atom. The van der Waals surface area contributed by atoms with E-state index >= 15 is 0 Å². The highest BCUT2D eigenvalue weighted by Gasteiger charge is 2.23. The second-order valence-electron chi connectivity index (χ2n) is 5.03. The summed E-state index contributed by atoms with van der Waals surface area (Å²) >= 11 is 6.02. The summed E-state index contributed by atoms with van der Waals surface area (Å²) in [5, 5.41) is 21.3. The minimum atomic E-state index is -0.876. The molecule has 1 aromatic heterocycles. The van der Waals surface area contributed by atoms with Crippen LogP contribution in [-0.2, 0) is 0 Å². The van der Waals surface area contributed by atoms with E-state index in [0.717, 1.165) is 16.5 Å². The number of fused-ring (bicyclic) bond motifs is 1. The van der Waals surface area contributed by atoms with Crippen LogP contribution in [0.25, 0.3) is 10.9 Å². The van der Waals surface area contributed by atoms with Gasteiger partial charge in [0.05, 0.1) is 12.6 Å². The number of benzene rings is 2. The van der Waals surface area contributed by atoms with E-state index in [1.165, 1.54) is 0 Å². The zero-order valence-corrected chi connectivity index (χ0v) is 12.1. The molecular weight excluding hydrogens is 286 g/mol. The van der Waals surface area contributed by atoms with Crippen molar-refractivity contribution in [2.75, 3.05) is 6.61 Å². The van der Waals surface area contributed by atoms with Crippen molar-refractivity contribution in [1.29, 1.82) is 0 Å². The lowest BCUT2D eigenvalue weighted by Gasteiger charge is -2.25. The van der Waals surface area contributed by atoms with Crippen LogP contribution in [-0.4, -0.2) is 27.5 Å². The molecule has 3 nitrogen and oxygen atoms in total. The van der Waals surface area contributed by atoms with Crippen LogP contribution in [0.3, 0.4) is 0 Å². The first-order valence-electron chi connectivity index (χ1n) is 6.80. The summed E-state index contributed by atoms with van der Waals surface area (Å²) in [6, 6.07) is 16.9. The highest BCUT2D eigenvalue weighted by atomic mass is 35.5. The molecular formula is C17H16ClNO2. The van der Waals surface area contributed by atoms with Crippen LogP contribution in [0.1, 0.15) is 11.6 Å². The van der Waals surface area contributed by atoms with E-state index in [9.17, 15) is 10.2 Å². The quantitative estimate of drug-likeness (QED) is 0.777. The summed E-state index contributed by atoms with van der Waals surface area (Å²) < 4.78 is 1.97. The lowest BCUT2D eigenvalue weighted by atomic mass is 10.0. The molecule has 0 amide bonds. The minimum Gasteiger partial charge on any atom is -0.394 e. The highest BCUT2D eigenvalue weighted by molar-refractivity contribution is 6.31. The van der Waals surface area contributed by atoms with Crippen molar-refractivity contribution in [3.05, 3.63) is 71.4 Å². The van der Waals surface area contributed by atoms with E-state index in [1.54, 1.807) is 0 Å². The van der Waals surface area contributed by atoms with E-state index in [0.29, 0.717) is 5.02 Å². The van der Waals surface area contributed by atoms with Gasteiger partial charge in [0, 0.05) is 22.1 Å². The normalized spacial score (nSPS) is 14.2. The third-order valence-corrected chi connectivity index (χ3v) is 3.91. The first kappa shape index (κ1) is 14.1. The van der Waals surface area contributed by atoms with Crippen LogP contribution in [0, 0.1) is 0 Å². The fraction of sp³-hybridized carbons (Fsp3) is 0.176. The average molecular weight is 302 g/mol. The van der Waals surface area contributed by atoms with Gasteiger partial charge in [-0.05, 0) is 29.8 Å². The van der Waals surface area contributed by atoms with Gasteiger partial charge >= 0.3 is 0 Å². The average Bonchev–Trinajstić information content (AvgIpc) is 2.91. The van der Waals surface area contributed by atoms with Crippen molar-refractivity contribution in [3.8, 4) is 0 Å². The van der Waals surface area contributed by atoms with Crippen molar-refractivity contribution >= 4 is 22.5 Å². The van der Waals surface area contributed by atoms with E-state index in [4.69, 9.17) is 11.6 Å². The number of aromatic nitrogens is 1.